The molecule has 0 aliphatic carbocycles. The van der Waals surface area contributed by atoms with Gasteiger partial charge in [-0.2, -0.15) is 0 Å². The van der Waals surface area contributed by atoms with Crippen molar-refractivity contribution in [3.63, 3.8) is 0 Å². The van der Waals surface area contributed by atoms with Crippen molar-refractivity contribution in [3.8, 4) is 0 Å². The number of hydrogen-bond donors (Lipinski definition) is 2. The van der Waals surface area contributed by atoms with E-state index in [1.54, 1.807) is 0 Å². The Bertz CT molecular complexity index is 220. The van der Waals surface area contributed by atoms with Crippen LogP contribution < -0.4 is 10.6 Å². The maximum Gasteiger partial charge on any atom is 0.242 e. The second-order valence-electron chi connectivity index (χ2n) is 4.97. The van der Waals surface area contributed by atoms with E-state index in [9.17, 15) is 4.79 Å². The molecule has 0 radical (unpaired) electrons. The number of nitrogens with one attached hydrogen (secondary N) is 2. The molecule has 1 heterocycles. The lowest BCUT2D eigenvalue weighted by Gasteiger charge is -2.36. The highest BCUT2D eigenvalue weighted by Gasteiger charge is 2.32. The van der Waals surface area contributed by atoms with E-state index in [0.717, 1.165) is 26.2 Å². The van der Waals surface area contributed by atoms with Gasteiger partial charge in [0, 0.05) is 32.2 Å². The molecule has 1 rings (SSSR count). The quantitative estimate of drug-likeness (QED) is 0.703. The summed E-state index contributed by atoms with van der Waals surface area (Å²) in [6, 6.07) is 0.326. The number of nitrogens with zero attached hydrogens (tertiary/aromatic N) is 1. The van der Waals surface area contributed by atoms with Gasteiger partial charge in [-0.3, -0.25) is 4.79 Å². The Balaban J connectivity index is 2.56. The predicted molar refractivity (Wildman–Crippen MR) is 61.8 cm³/mol. The van der Waals surface area contributed by atoms with E-state index in [4.69, 9.17) is 0 Å². The third-order valence-corrected chi connectivity index (χ3v) is 2.59. The molecule has 0 saturated carbocycles. The van der Waals surface area contributed by atoms with Crippen LogP contribution in [0.4, 0.5) is 0 Å². The zero-order chi connectivity index (χ0) is 11.5. The molecule has 1 saturated heterocycles. The van der Waals surface area contributed by atoms with E-state index < -0.39 is 5.54 Å². The van der Waals surface area contributed by atoms with Gasteiger partial charge in [-0.1, -0.05) is 0 Å². The van der Waals surface area contributed by atoms with E-state index in [2.05, 4.69) is 24.5 Å². The summed E-state index contributed by atoms with van der Waals surface area (Å²) in [5.74, 6) is 0.206. The van der Waals surface area contributed by atoms with Crippen LogP contribution in [0.1, 0.15) is 27.7 Å². The van der Waals surface area contributed by atoms with Gasteiger partial charge in [0.15, 0.2) is 0 Å². The first-order valence-electron chi connectivity index (χ1n) is 5.71. The first-order chi connectivity index (χ1) is 6.93. The Hall–Kier alpha value is -0.610. The standard InChI is InChI=1S/C11H23N3O/c1-9(2)13-11(3,4)10(15)14-7-5-12-6-8-14/h9,12-13H,5-8H2,1-4H3. The van der Waals surface area contributed by atoms with Gasteiger partial charge in [0.25, 0.3) is 0 Å². The van der Waals surface area contributed by atoms with Crippen LogP contribution in [0, 0.1) is 0 Å². The zero-order valence-electron chi connectivity index (χ0n) is 10.3. The maximum atomic E-state index is 12.2. The normalized spacial score (nSPS) is 18.3. The highest BCUT2D eigenvalue weighted by atomic mass is 16.2. The topological polar surface area (TPSA) is 44.4 Å². The first-order valence-corrected chi connectivity index (χ1v) is 5.71. The molecule has 1 aliphatic heterocycles. The van der Waals surface area contributed by atoms with E-state index in [0.29, 0.717) is 6.04 Å². The number of piperazine rings is 1. The molecule has 0 atom stereocenters. The summed E-state index contributed by atoms with van der Waals surface area (Å²) in [7, 11) is 0. The van der Waals surface area contributed by atoms with Crippen LogP contribution in [0.2, 0.25) is 0 Å². The molecular formula is C11H23N3O. The van der Waals surface area contributed by atoms with Crippen molar-refractivity contribution in [3.05, 3.63) is 0 Å². The largest absolute Gasteiger partial charge is 0.339 e. The van der Waals surface area contributed by atoms with E-state index in [1.807, 2.05) is 18.7 Å². The number of carbonyl (C=O) groups excluding carboxylic acids is 1. The highest BCUT2D eigenvalue weighted by molar-refractivity contribution is 5.85. The Labute approximate surface area is 92.4 Å². The summed E-state index contributed by atoms with van der Waals surface area (Å²) >= 11 is 0. The number of carbonyl (C=O) groups is 1. The van der Waals surface area contributed by atoms with Crippen molar-refractivity contribution in [2.75, 3.05) is 26.2 Å². The third kappa shape index (κ3) is 3.47. The van der Waals surface area contributed by atoms with E-state index >= 15 is 0 Å². The Morgan fingerprint density at radius 3 is 2.33 bits per heavy atom. The van der Waals surface area contributed by atoms with Crippen LogP contribution in [0.15, 0.2) is 0 Å². The molecule has 0 aromatic carbocycles. The van der Waals surface area contributed by atoms with Gasteiger partial charge >= 0.3 is 0 Å². The molecule has 1 aliphatic rings. The predicted octanol–water partition coefficient (Wildman–Crippen LogP) is 0.195. The summed E-state index contributed by atoms with van der Waals surface area (Å²) in [6.07, 6.45) is 0. The summed E-state index contributed by atoms with van der Waals surface area (Å²) in [5.41, 5.74) is -0.453. The number of rotatable bonds is 3. The van der Waals surface area contributed by atoms with Gasteiger partial charge in [-0.15, -0.1) is 0 Å². The summed E-state index contributed by atoms with van der Waals surface area (Å²) in [5, 5.41) is 6.55. The van der Waals surface area contributed by atoms with E-state index in [1.165, 1.54) is 0 Å². The molecule has 0 spiro atoms. The molecule has 1 fully saturated rings. The van der Waals surface area contributed by atoms with Crippen LogP contribution in [-0.4, -0.2) is 48.6 Å². The summed E-state index contributed by atoms with van der Waals surface area (Å²) < 4.78 is 0. The summed E-state index contributed by atoms with van der Waals surface area (Å²) in [6.45, 7) is 11.5. The maximum absolute atomic E-state index is 12.2. The highest BCUT2D eigenvalue weighted by Crippen LogP contribution is 2.10. The molecular weight excluding hydrogens is 190 g/mol. The Morgan fingerprint density at radius 1 is 1.33 bits per heavy atom. The fourth-order valence-electron chi connectivity index (χ4n) is 2.05. The molecule has 0 aromatic heterocycles. The molecule has 88 valence electrons. The molecule has 2 N–H and O–H groups in total. The molecule has 0 aromatic rings. The summed E-state index contributed by atoms with van der Waals surface area (Å²) in [4.78, 5) is 14.1. The van der Waals surface area contributed by atoms with Crippen LogP contribution >= 0.6 is 0 Å². The second-order valence-corrected chi connectivity index (χ2v) is 4.97. The smallest absolute Gasteiger partial charge is 0.242 e. The van der Waals surface area contributed by atoms with Gasteiger partial charge < -0.3 is 15.5 Å². The zero-order valence-corrected chi connectivity index (χ0v) is 10.3. The average molecular weight is 213 g/mol. The molecule has 1 amide bonds. The molecule has 4 nitrogen and oxygen atoms in total. The lowest BCUT2D eigenvalue weighted by atomic mass is 10.0. The number of amides is 1. The minimum Gasteiger partial charge on any atom is -0.339 e. The van der Waals surface area contributed by atoms with Crippen LogP contribution in [0.3, 0.4) is 0 Å². The lowest BCUT2D eigenvalue weighted by molar-refractivity contribution is -0.138. The minimum absolute atomic E-state index is 0.206. The van der Waals surface area contributed by atoms with Crippen LogP contribution in [0.5, 0.6) is 0 Å². The van der Waals surface area contributed by atoms with Gasteiger partial charge in [-0.25, -0.2) is 0 Å². The Morgan fingerprint density at radius 2 is 1.87 bits per heavy atom. The number of hydrogen-bond acceptors (Lipinski definition) is 3. The van der Waals surface area contributed by atoms with Crippen molar-refractivity contribution in [1.82, 2.24) is 15.5 Å². The van der Waals surface area contributed by atoms with Gasteiger partial charge in [0.2, 0.25) is 5.91 Å². The van der Waals surface area contributed by atoms with Crippen molar-refractivity contribution < 1.29 is 4.79 Å². The Kier molecular flexibility index (Phi) is 4.11. The van der Waals surface area contributed by atoms with Crippen molar-refractivity contribution in [1.29, 1.82) is 0 Å². The fraction of sp³-hybridized carbons (Fsp3) is 0.909. The van der Waals surface area contributed by atoms with Gasteiger partial charge in [0.1, 0.15) is 0 Å². The molecule has 0 bridgehead atoms. The minimum atomic E-state index is -0.453. The molecule has 0 unspecified atom stereocenters. The monoisotopic (exact) mass is 213 g/mol. The van der Waals surface area contributed by atoms with Crippen LogP contribution in [0.25, 0.3) is 0 Å². The average Bonchev–Trinajstić information content (AvgIpc) is 2.16. The van der Waals surface area contributed by atoms with Gasteiger partial charge in [0.05, 0.1) is 5.54 Å². The first kappa shape index (κ1) is 12.5. The van der Waals surface area contributed by atoms with Crippen LogP contribution in [-0.2, 0) is 4.79 Å². The van der Waals surface area contributed by atoms with Crippen molar-refractivity contribution in [2.24, 2.45) is 0 Å². The lowest BCUT2D eigenvalue weighted by Crippen LogP contribution is -2.59. The van der Waals surface area contributed by atoms with E-state index in [-0.39, 0.29) is 5.91 Å². The van der Waals surface area contributed by atoms with Crippen molar-refractivity contribution in [2.45, 2.75) is 39.3 Å². The second kappa shape index (κ2) is 4.94. The SMILES string of the molecule is CC(C)NC(C)(C)C(=O)N1CCNCC1. The van der Waals surface area contributed by atoms with Crippen molar-refractivity contribution >= 4 is 5.91 Å². The molecule has 15 heavy (non-hydrogen) atoms. The fourth-order valence-corrected chi connectivity index (χ4v) is 2.05. The molecule has 4 heteroatoms. The third-order valence-electron chi connectivity index (χ3n) is 2.59. The van der Waals surface area contributed by atoms with Gasteiger partial charge in [-0.05, 0) is 27.7 Å².